The Bertz CT molecular complexity index is 1180. The van der Waals surface area contributed by atoms with Crippen LogP contribution in [-0.4, -0.2) is 26.1 Å². The van der Waals surface area contributed by atoms with E-state index < -0.39 is 16.2 Å². The van der Waals surface area contributed by atoms with Crippen LogP contribution in [0.4, 0.5) is 10.1 Å². The Labute approximate surface area is 190 Å². The number of anilines is 1. The molecule has 0 radical (unpaired) electrons. The number of aryl methyl sites for hydroxylation is 4. The lowest BCUT2D eigenvalue weighted by Crippen LogP contribution is -2.36. The van der Waals surface area contributed by atoms with Crippen molar-refractivity contribution in [3.8, 4) is 5.75 Å². The topological polar surface area (TPSA) is 59.5 Å². The predicted molar refractivity (Wildman–Crippen MR) is 124 cm³/mol. The third-order valence-electron chi connectivity index (χ3n) is 5.13. The molecule has 1 aromatic carbocycles. The van der Waals surface area contributed by atoms with Gasteiger partial charge < -0.3 is 4.74 Å². The number of alkyl halides is 1. The number of thiophene rings is 1. The molecule has 2 heterocycles. The average molecular weight is 481 g/mol. The van der Waals surface area contributed by atoms with Crippen molar-refractivity contribution < 1.29 is 17.5 Å². The highest BCUT2D eigenvalue weighted by molar-refractivity contribution is 7.94. The molecule has 0 saturated carbocycles. The molecule has 31 heavy (non-hydrogen) atoms. The van der Waals surface area contributed by atoms with Gasteiger partial charge in [0.2, 0.25) is 4.34 Å². The molecule has 4 rings (SSSR count). The summed E-state index contributed by atoms with van der Waals surface area (Å²) >= 11 is 2.69. The number of nitrogens with zero attached hydrogens (tertiary/aromatic N) is 2. The quantitative estimate of drug-likeness (QED) is 0.431. The number of thiazole rings is 1. The minimum absolute atomic E-state index is 0.0361. The first kappa shape index (κ1) is 22.2. The Hall–Kier alpha value is -1.97. The zero-order valence-corrected chi connectivity index (χ0v) is 20.2. The van der Waals surface area contributed by atoms with E-state index in [9.17, 15) is 12.8 Å². The number of rotatable bonds is 8. The number of ether oxygens (including phenoxy) is 1. The Morgan fingerprint density at radius 1 is 1.23 bits per heavy atom. The maximum atomic E-state index is 14.2. The fourth-order valence-corrected chi connectivity index (χ4v) is 7.19. The minimum atomic E-state index is -4.02. The third kappa shape index (κ3) is 4.78. The largest absolute Gasteiger partial charge is 0.486 e. The highest BCUT2D eigenvalue weighted by Crippen LogP contribution is 2.39. The Kier molecular flexibility index (Phi) is 6.37. The van der Waals surface area contributed by atoms with Crippen molar-refractivity contribution in [2.75, 3.05) is 10.8 Å². The van der Waals surface area contributed by atoms with Crippen molar-refractivity contribution in [3.05, 3.63) is 56.2 Å². The second-order valence-electron chi connectivity index (χ2n) is 7.81. The van der Waals surface area contributed by atoms with Gasteiger partial charge in [0.25, 0.3) is 10.0 Å². The molecule has 1 unspecified atom stereocenters. The van der Waals surface area contributed by atoms with Crippen LogP contribution in [0, 0.1) is 13.8 Å². The van der Waals surface area contributed by atoms with Gasteiger partial charge >= 0.3 is 0 Å². The smallest absolute Gasteiger partial charge is 0.291 e. The molecule has 9 heteroatoms. The van der Waals surface area contributed by atoms with E-state index in [1.165, 1.54) is 11.8 Å². The standard InChI is InChI=1S/C22H25FN2O3S3/c1-14(23)11-25(31(26,27)22-24-15(2)13-29-22)20-9-17-5-4-6-18(17)10-21(20)28-12-19-8-7-16(3)30-19/h7-10,13-14H,4-6,11-12H2,1-3H3. The molecular weight excluding hydrogens is 455 g/mol. The molecule has 0 bridgehead atoms. The lowest BCUT2D eigenvalue weighted by Gasteiger charge is -2.26. The van der Waals surface area contributed by atoms with E-state index in [2.05, 4.69) is 4.98 Å². The van der Waals surface area contributed by atoms with Crippen LogP contribution >= 0.6 is 22.7 Å². The van der Waals surface area contributed by atoms with Gasteiger partial charge in [0.05, 0.1) is 12.2 Å². The first-order valence-electron chi connectivity index (χ1n) is 10.2. The summed E-state index contributed by atoms with van der Waals surface area (Å²) in [6.07, 6.45) is 1.47. The van der Waals surface area contributed by atoms with Crippen LogP contribution in [-0.2, 0) is 29.5 Å². The molecule has 1 aliphatic carbocycles. The van der Waals surface area contributed by atoms with Gasteiger partial charge in [-0.25, -0.2) is 9.37 Å². The van der Waals surface area contributed by atoms with Gasteiger partial charge in [0, 0.05) is 20.8 Å². The lowest BCUT2D eigenvalue weighted by atomic mass is 10.1. The maximum absolute atomic E-state index is 14.2. The SMILES string of the molecule is Cc1csc(S(=O)(=O)N(CC(C)F)c2cc3c(cc2OCc2ccc(C)s2)CCC3)n1. The molecule has 1 atom stereocenters. The number of fused-ring (bicyclic) bond motifs is 1. The zero-order chi connectivity index (χ0) is 22.2. The molecule has 3 aromatic rings. The summed E-state index contributed by atoms with van der Waals surface area (Å²) in [6.45, 7) is 5.17. The van der Waals surface area contributed by atoms with Gasteiger partial charge in [-0.1, -0.05) is 0 Å². The first-order chi connectivity index (χ1) is 14.7. The van der Waals surface area contributed by atoms with Crippen molar-refractivity contribution in [1.82, 2.24) is 4.98 Å². The van der Waals surface area contributed by atoms with Crippen molar-refractivity contribution in [3.63, 3.8) is 0 Å². The second-order valence-corrected chi connectivity index (χ2v) is 12.1. The third-order valence-corrected chi connectivity index (χ3v) is 9.24. The number of benzene rings is 1. The highest BCUT2D eigenvalue weighted by atomic mass is 32.2. The van der Waals surface area contributed by atoms with Gasteiger partial charge in [-0.3, -0.25) is 4.31 Å². The van der Waals surface area contributed by atoms with Gasteiger partial charge in [-0.2, -0.15) is 8.42 Å². The van der Waals surface area contributed by atoms with E-state index >= 15 is 0 Å². The average Bonchev–Trinajstić information content (AvgIpc) is 3.44. The molecule has 166 valence electrons. The van der Waals surface area contributed by atoms with E-state index in [1.54, 1.807) is 23.6 Å². The summed E-state index contributed by atoms with van der Waals surface area (Å²) in [5.41, 5.74) is 3.26. The molecule has 1 aliphatic rings. The molecule has 0 amide bonds. The maximum Gasteiger partial charge on any atom is 0.291 e. The number of sulfonamides is 1. The predicted octanol–water partition coefficient (Wildman–Crippen LogP) is 5.44. The van der Waals surface area contributed by atoms with E-state index in [4.69, 9.17) is 4.74 Å². The summed E-state index contributed by atoms with van der Waals surface area (Å²) in [4.78, 5) is 6.39. The highest BCUT2D eigenvalue weighted by Gasteiger charge is 2.32. The fraction of sp³-hybridized carbons (Fsp3) is 0.409. The van der Waals surface area contributed by atoms with Gasteiger partial charge in [-0.05, 0) is 75.4 Å². The lowest BCUT2D eigenvalue weighted by molar-refractivity contribution is 0.309. The molecular formula is C22H25FN2O3S3. The number of aromatic nitrogens is 1. The van der Waals surface area contributed by atoms with Crippen molar-refractivity contribution in [2.45, 2.75) is 57.2 Å². The van der Waals surface area contributed by atoms with Gasteiger partial charge in [0.15, 0.2) is 0 Å². The first-order valence-corrected chi connectivity index (χ1v) is 13.3. The van der Waals surface area contributed by atoms with Crippen LogP contribution in [0.3, 0.4) is 0 Å². The molecule has 0 N–H and O–H groups in total. The molecule has 0 saturated heterocycles. The van der Waals surface area contributed by atoms with Crippen molar-refractivity contribution >= 4 is 38.4 Å². The van der Waals surface area contributed by atoms with Crippen LogP contribution in [0.1, 0.15) is 39.9 Å². The Balaban J connectivity index is 1.77. The van der Waals surface area contributed by atoms with Crippen LogP contribution in [0.15, 0.2) is 34.0 Å². The molecule has 0 aliphatic heterocycles. The fourth-order valence-electron chi connectivity index (χ4n) is 3.71. The van der Waals surface area contributed by atoms with Crippen molar-refractivity contribution in [2.24, 2.45) is 0 Å². The molecule has 2 aromatic heterocycles. The zero-order valence-electron chi connectivity index (χ0n) is 17.7. The minimum Gasteiger partial charge on any atom is -0.486 e. The number of hydrogen-bond acceptors (Lipinski definition) is 6. The van der Waals surface area contributed by atoms with Crippen LogP contribution in [0.5, 0.6) is 5.75 Å². The molecule has 0 fully saturated rings. The second kappa shape index (κ2) is 8.88. The Morgan fingerprint density at radius 2 is 1.97 bits per heavy atom. The normalized spacial score (nSPS) is 14.5. The van der Waals surface area contributed by atoms with Crippen molar-refractivity contribution in [1.29, 1.82) is 0 Å². The van der Waals surface area contributed by atoms with E-state index in [0.717, 1.165) is 50.9 Å². The van der Waals surface area contributed by atoms with Gasteiger partial charge in [0.1, 0.15) is 18.5 Å². The van der Waals surface area contributed by atoms with Gasteiger partial charge in [-0.15, -0.1) is 22.7 Å². The summed E-state index contributed by atoms with van der Waals surface area (Å²) in [5, 5.41) is 1.68. The monoisotopic (exact) mass is 480 g/mol. The van der Waals surface area contributed by atoms with Crippen LogP contribution < -0.4 is 9.04 Å². The summed E-state index contributed by atoms with van der Waals surface area (Å²) < 4.78 is 48.3. The van der Waals surface area contributed by atoms with E-state index in [-0.39, 0.29) is 10.9 Å². The summed E-state index contributed by atoms with van der Waals surface area (Å²) in [6, 6.07) is 7.82. The van der Waals surface area contributed by atoms with E-state index in [1.807, 2.05) is 31.2 Å². The number of halogens is 1. The number of hydrogen-bond donors (Lipinski definition) is 0. The molecule has 0 spiro atoms. The van der Waals surface area contributed by atoms with Crippen LogP contribution in [0.2, 0.25) is 0 Å². The summed E-state index contributed by atoms with van der Waals surface area (Å²) in [5.74, 6) is 0.462. The molecule has 5 nitrogen and oxygen atoms in total. The van der Waals surface area contributed by atoms with E-state index in [0.29, 0.717) is 23.7 Å². The van der Waals surface area contributed by atoms with Crippen LogP contribution in [0.25, 0.3) is 0 Å². The Morgan fingerprint density at radius 3 is 2.58 bits per heavy atom. The summed E-state index contributed by atoms with van der Waals surface area (Å²) in [7, 11) is -4.02.